The van der Waals surface area contributed by atoms with Crippen molar-refractivity contribution in [2.45, 2.75) is 57.4 Å². The molecule has 1 saturated heterocycles. The lowest BCUT2D eigenvalue weighted by Crippen LogP contribution is -2.22. The van der Waals surface area contributed by atoms with Gasteiger partial charge in [-0.25, -0.2) is 0 Å². The number of fused-ring (bicyclic) bond motifs is 2. The molecule has 0 amide bonds. The SMILES string of the molecule is C=C(NS/C=C/C1CCCN1C)Nc1c2c(cc3c1CCC3)CCC2. The standard InChI is InChI=1S/C21H29N3S/c1-15(23-25-13-11-18-8-5-12-24(18)2)22-21-19-9-3-6-16(19)14-17-7-4-10-20(17)21/h11,13-14,18,22-23H,1,3-10,12H2,2H3/b13-11+. The first-order valence-corrected chi connectivity index (χ1v) is 10.5. The molecule has 0 bridgehead atoms. The van der Waals surface area contributed by atoms with Gasteiger partial charge in [0, 0.05) is 11.7 Å². The third-order valence-electron chi connectivity index (χ3n) is 5.88. The molecule has 1 fully saturated rings. The molecule has 0 aromatic heterocycles. The van der Waals surface area contributed by atoms with E-state index in [1.807, 2.05) is 0 Å². The number of hydrogen-bond acceptors (Lipinski definition) is 4. The summed E-state index contributed by atoms with van der Waals surface area (Å²) < 4.78 is 3.36. The van der Waals surface area contributed by atoms with Crippen molar-refractivity contribution in [3.8, 4) is 0 Å². The summed E-state index contributed by atoms with van der Waals surface area (Å²) in [6.45, 7) is 5.41. The first-order valence-electron chi connectivity index (χ1n) is 9.63. The molecule has 3 nitrogen and oxygen atoms in total. The molecule has 1 aromatic carbocycles. The molecule has 134 valence electrons. The summed E-state index contributed by atoms with van der Waals surface area (Å²) in [5.41, 5.74) is 7.56. The molecule has 1 unspecified atom stereocenters. The quantitative estimate of drug-likeness (QED) is 0.740. The van der Waals surface area contributed by atoms with Gasteiger partial charge in [0.05, 0.1) is 0 Å². The number of nitrogens with one attached hydrogen (secondary N) is 2. The van der Waals surface area contributed by atoms with Gasteiger partial charge in [0.15, 0.2) is 0 Å². The van der Waals surface area contributed by atoms with Gasteiger partial charge in [0.1, 0.15) is 5.82 Å². The topological polar surface area (TPSA) is 27.3 Å². The van der Waals surface area contributed by atoms with Gasteiger partial charge < -0.3 is 10.0 Å². The Morgan fingerprint density at radius 2 is 1.88 bits per heavy atom. The van der Waals surface area contributed by atoms with E-state index in [-0.39, 0.29) is 0 Å². The van der Waals surface area contributed by atoms with Gasteiger partial charge >= 0.3 is 0 Å². The molecule has 2 aliphatic carbocycles. The van der Waals surface area contributed by atoms with E-state index in [9.17, 15) is 0 Å². The molecule has 1 aromatic rings. The number of rotatable bonds is 6. The highest BCUT2D eigenvalue weighted by Gasteiger charge is 2.24. The molecular formula is C21H29N3S. The zero-order chi connectivity index (χ0) is 17.2. The van der Waals surface area contributed by atoms with E-state index in [2.05, 4.69) is 46.1 Å². The Morgan fingerprint density at radius 1 is 1.16 bits per heavy atom. The van der Waals surface area contributed by atoms with Crippen LogP contribution in [0.4, 0.5) is 5.69 Å². The van der Waals surface area contributed by atoms with Crippen LogP contribution in [0.15, 0.2) is 30.0 Å². The van der Waals surface area contributed by atoms with Crippen LogP contribution in [0.25, 0.3) is 0 Å². The summed E-state index contributed by atoms with van der Waals surface area (Å²) in [6, 6.07) is 3.07. The predicted molar refractivity (Wildman–Crippen MR) is 109 cm³/mol. The second-order valence-corrected chi connectivity index (χ2v) is 8.29. The van der Waals surface area contributed by atoms with E-state index >= 15 is 0 Å². The molecule has 0 radical (unpaired) electrons. The third-order valence-corrected chi connectivity index (χ3v) is 6.53. The van der Waals surface area contributed by atoms with Gasteiger partial charge in [-0.15, -0.1) is 0 Å². The van der Waals surface area contributed by atoms with Crippen LogP contribution in [0.2, 0.25) is 0 Å². The molecule has 1 atom stereocenters. The number of anilines is 1. The van der Waals surface area contributed by atoms with Gasteiger partial charge in [-0.2, -0.15) is 0 Å². The predicted octanol–water partition coefficient (Wildman–Crippen LogP) is 4.39. The van der Waals surface area contributed by atoms with Crippen LogP contribution in [0.3, 0.4) is 0 Å². The van der Waals surface area contributed by atoms with Crippen LogP contribution in [0.1, 0.15) is 47.9 Å². The van der Waals surface area contributed by atoms with Crippen molar-refractivity contribution in [2.24, 2.45) is 0 Å². The maximum Gasteiger partial charge on any atom is 0.106 e. The van der Waals surface area contributed by atoms with Crippen molar-refractivity contribution in [3.05, 3.63) is 52.2 Å². The zero-order valence-electron chi connectivity index (χ0n) is 15.2. The summed E-state index contributed by atoms with van der Waals surface area (Å²) >= 11 is 1.62. The minimum atomic E-state index is 0.594. The van der Waals surface area contributed by atoms with Crippen molar-refractivity contribution < 1.29 is 0 Å². The average molecular weight is 356 g/mol. The Bertz CT molecular complexity index is 663. The second kappa shape index (κ2) is 7.46. The maximum atomic E-state index is 4.20. The van der Waals surface area contributed by atoms with Gasteiger partial charge in [-0.1, -0.05) is 18.7 Å². The number of likely N-dealkylation sites (tertiary alicyclic amines) is 1. The Morgan fingerprint density at radius 3 is 2.52 bits per heavy atom. The lowest BCUT2D eigenvalue weighted by molar-refractivity contribution is 0.357. The molecule has 4 rings (SSSR count). The van der Waals surface area contributed by atoms with Crippen LogP contribution in [0, 0.1) is 0 Å². The van der Waals surface area contributed by atoms with Gasteiger partial charge in [0.25, 0.3) is 0 Å². The summed E-state index contributed by atoms with van der Waals surface area (Å²) in [7, 11) is 2.21. The smallest absolute Gasteiger partial charge is 0.106 e. The average Bonchev–Trinajstić information content (AvgIpc) is 3.32. The summed E-state index contributed by atoms with van der Waals surface area (Å²) in [4.78, 5) is 2.42. The highest BCUT2D eigenvalue weighted by atomic mass is 32.2. The van der Waals surface area contributed by atoms with Crippen LogP contribution in [-0.2, 0) is 25.7 Å². The molecule has 25 heavy (non-hydrogen) atoms. The number of nitrogens with zero attached hydrogens (tertiary/aromatic N) is 1. The van der Waals surface area contributed by atoms with Gasteiger partial charge in [-0.05, 0) is 105 Å². The monoisotopic (exact) mass is 355 g/mol. The highest BCUT2D eigenvalue weighted by Crippen LogP contribution is 2.39. The van der Waals surface area contributed by atoms with E-state index in [0.717, 1.165) is 5.82 Å². The number of aryl methyl sites for hydroxylation is 2. The Kier molecular flexibility index (Phi) is 5.09. The molecule has 3 aliphatic rings. The van der Waals surface area contributed by atoms with Gasteiger partial charge in [-0.3, -0.25) is 4.90 Å². The van der Waals surface area contributed by atoms with E-state index in [1.54, 1.807) is 23.1 Å². The number of hydrogen-bond donors (Lipinski definition) is 2. The van der Waals surface area contributed by atoms with Crippen molar-refractivity contribution in [3.63, 3.8) is 0 Å². The van der Waals surface area contributed by atoms with Crippen molar-refractivity contribution >= 4 is 17.6 Å². The van der Waals surface area contributed by atoms with Gasteiger partial charge in [0.2, 0.25) is 0 Å². The van der Waals surface area contributed by atoms with E-state index in [0.29, 0.717) is 6.04 Å². The molecular weight excluding hydrogens is 326 g/mol. The van der Waals surface area contributed by atoms with Crippen LogP contribution in [-0.4, -0.2) is 24.5 Å². The van der Waals surface area contributed by atoms with Crippen molar-refractivity contribution in [1.82, 2.24) is 9.62 Å². The molecule has 1 heterocycles. The maximum absolute atomic E-state index is 4.20. The van der Waals surface area contributed by atoms with E-state index in [1.165, 1.54) is 74.7 Å². The lowest BCUT2D eigenvalue weighted by atomic mass is 9.99. The zero-order valence-corrected chi connectivity index (χ0v) is 16.1. The summed E-state index contributed by atoms with van der Waals surface area (Å²) in [6.07, 6.45) is 12.4. The summed E-state index contributed by atoms with van der Waals surface area (Å²) in [5.74, 6) is 0.892. The minimum Gasteiger partial charge on any atom is -0.341 e. The Hall–Kier alpha value is -1.39. The van der Waals surface area contributed by atoms with Crippen LogP contribution >= 0.6 is 11.9 Å². The van der Waals surface area contributed by atoms with Crippen molar-refractivity contribution in [1.29, 1.82) is 0 Å². The van der Waals surface area contributed by atoms with E-state index in [4.69, 9.17) is 0 Å². The first kappa shape index (κ1) is 17.0. The molecule has 2 N–H and O–H groups in total. The fourth-order valence-corrected chi connectivity index (χ4v) is 5.08. The van der Waals surface area contributed by atoms with Crippen LogP contribution in [0.5, 0.6) is 0 Å². The fraction of sp³-hybridized carbons (Fsp3) is 0.524. The number of likely N-dealkylation sites (N-methyl/N-ethyl adjacent to an activating group) is 1. The van der Waals surface area contributed by atoms with Crippen molar-refractivity contribution in [2.75, 3.05) is 18.9 Å². The highest BCUT2D eigenvalue weighted by molar-refractivity contribution is 8.00. The Labute approximate surface area is 156 Å². The normalized spacial score (nSPS) is 22.4. The fourth-order valence-electron chi connectivity index (χ4n) is 4.56. The second-order valence-electron chi connectivity index (χ2n) is 7.58. The molecule has 1 aliphatic heterocycles. The third kappa shape index (κ3) is 3.61. The molecule has 0 saturated carbocycles. The van der Waals surface area contributed by atoms with Crippen LogP contribution < -0.4 is 10.0 Å². The first-order chi connectivity index (χ1) is 12.2. The molecule has 0 spiro atoms. The largest absolute Gasteiger partial charge is 0.341 e. The molecule has 4 heteroatoms. The van der Waals surface area contributed by atoms with E-state index < -0.39 is 0 Å². The number of benzene rings is 1. The summed E-state index contributed by atoms with van der Waals surface area (Å²) in [5, 5.41) is 5.77. The lowest BCUT2D eigenvalue weighted by Gasteiger charge is -2.18. The minimum absolute atomic E-state index is 0.594. The Balaban J connectivity index is 1.38.